The van der Waals surface area contributed by atoms with Crippen molar-refractivity contribution < 1.29 is 0 Å². The molecule has 8 nitrogen and oxygen atoms in total. The summed E-state index contributed by atoms with van der Waals surface area (Å²) in [5.74, 6) is 1.79. The second-order valence-electron chi connectivity index (χ2n) is 7.18. The van der Waals surface area contributed by atoms with E-state index in [1.807, 2.05) is 13.0 Å². The van der Waals surface area contributed by atoms with Crippen molar-refractivity contribution in [3.8, 4) is 0 Å². The molecule has 10 heteroatoms. The van der Waals surface area contributed by atoms with Gasteiger partial charge in [-0.1, -0.05) is 0 Å². The van der Waals surface area contributed by atoms with Crippen molar-refractivity contribution in [3.63, 3.8) is 0 Å². The van der Waals surface area contributed by atoms with Crippen LogP contribution in [0.1, 0.15) is 24.0 Å². The molecule has 0 spiro atoms. The summed E-state index contributed by atoms with van der Waals surface area (Å²) in [5, 5.41) is 6.62. The Hall–Kier alpha value is -1.53. The van der Waals surface area contributed by atoms with Gasteiger partial charge in [-0.2, -0.15) is 0 Å². The van der Waals surface area contributed by atoms with E-state index in [1.54, 1.807) is 23.7 Å². The minimum absolute atomic E-state index is 0. The minimum atomic E-state index is 0. The van der Waals surface area contributed by atoms with Crippen LogP contribution in [0.4, 0.5) is 5.95 Å². The number of aromatic nitrogens is 3. The number of thiazole rings is 1. The summed E-state index contributed by atoms with van der Waals surface area (Å²) < 4.78 is 0. The highest BCUT2D eigenvalue weighted by atomic mass is 127. The van der Waals surface area contributed by atoms with Crippen LogP contribution in [0.25, 0.3) is 0 Å². The number of piperazine rings is 1. The molecule has 166 valence electrons. The monoisotopic (exact) mass is 544 g/mol. The fourth-order valence-corrected chi connectivity index (χ4v) is 3.98. The lowest BCUT2D eigenvalue weighted by atomic mass is 10.3. The molecule has 0 saturated carbocycles. The summed E-state index contributed by atoms with van der Waals surface area (Å²) in [4.78, 5) is 25.0. The van der Waals surface area contributed by atoms with Gasteiger partial charge in [-0.15, -0.1) is 35.3 Å². The van der Waals surface area contributed by atoms with Crippen LogP contribution in [0.5, 0.6) is 0 Å². The van der Waals surface area contributed by atoms with Gasteiger partial charge in [-0.3, -0.25) is 9.89 Å². The summed E-state index contributed by atoms with van der Waals surface area (Å²) >= 11 is 1.69. The first-order valence-electron chi connectivity index (χ1n) is 10.3. The third-order valence-electron chi connectivity index (χ3n) is 4.86. The maximum Gasteiger partial charge on any atom is 0.225 e. The molecule has 30 heavy (non-hydrogen) atoms. The van der Waals surface area contributed by atoms with Crippen LogP contribution in [0.3, 0.4) is 0 Å². The van der Waals surface area contributed by atoms with Crippen LogP contribution < -0.4 is 10.2 Å². The fourth-order valence-electron chi connectivity index (χ4n) is 3.37. The highest BCUT2D eigenvalue weighted by Crippen LogP contribution is 2.11. The number of halogens is 1. The molecule has 1 aliphatic rings. The van der Waals surface area contributed by atoms with Crippen LogP contribution >= 0.6 is 35.3 Å². The summed E-state index contributed by atoms with van der Waals surface area (Å²) in [7, 11) is 2.07. The van der Waals surface area contributed by atoms with Gasteiger partial charge in [-0.05, 0) is 26.3 Å². The second kappa shape index (κ2) is 13.0. The highest BCUT2D eigenvalue weighted by molar-refractivity contribution is 14.0. The molecule has 0 unspecified atom stereocenters. The summed E-state index contributed by atoms with van der Waals surface area (Å²) in [6.07, 6.45) is 4.67. The van der Waals surface area contributed by atoms with Crippen molar-refractivity contribution in [1.82, 2.24) is 30.1 Å². The zero-order chi connectivity index (χ0) is 20.5. The standard InChI is InChI=1S/C20H32N8S.HI/c1-4-21-19(26(3)15-18-16-29-17(2)25-18)22-9-6-10-27-11-13-28(14-12-27)20-23-7-5-8-24-20;/h5,7-8,16H,4,6,9-15H2,1-3H3,(H,21,22);1H. The first-order chi connectivity index (χ1) is 14.2. The largest absolute Gasteiger partial charge is 0.357 e. The molecule has 0 aromatic carbocycles. The quantitative estimate of drug-likeness (QED) is 0.237. The number of aliphatic imine (C=N–C) groups is 1. The SMILES string of the molecule is CCNC(=NCCCN1CCN(c2ncccn2)CC1)N(C)Cc1csc(C)n1.I. The molecule has 0 bridgehead atoms. The average Bonchev–Trinajstić information content (AvgIpc) is 3.16. The predicted octanol–water partition coefficient (Wildman–Crippen LogP) is 2.47. The molecule has 1 N–H and O–H groups in total. The molecule has 0 aliphatic carbocycles. The van der Waals surface area contributed by atoms with E-state index in [1.165, 1.54) is 0 Å². The Morgan fingerprint density at radius 1 is 1.23 bits per heavy atom. The number of hydrogen-bond donors (Lipinski definition) is 1. The lowest BCUT2D eigenvalue weighted by Crippen LogP contribution is -2.47. The van der Waals surface area contributed by atoms with E-state index in [-0.39, 0.29) is 24.0 Å². The maximum absolute atomic E-state index is 4.81. The number of nitrogens with zero attached hydrogens (tertiary/aromatic N) is 7. The second-order valence-corrected chi connectivity index (χ2v) is 8.24. The first kappa shape index (κ1) is 24.7. The molecular weight excluding hydrogens is 511 g/mol. The van der Waals surface area contributed by atoms with Gasteiger partial charge < -0.3 is 15.1 Å². The van der Waals surface area contributed by atoms with Crippen molar-refractivity contribution in [3.05, 3.63) is 34.5 Å². The van der Waals surface area contributed by atoms with E-state index in [4.69, 9.17) is 4.99 Å². The molecule has 1 fully saturated rings. The Morgan fingerprint density at radius 3 is 2.60 bits per heavy atom. The fraction of sp³-hybridized carbons (Fsp3) is 0.600. The molecule has 3 heterocycles. The number of aryl methyl sites for hydroxylation is 1. The minimum Gasteiger partial charge on any atom is -0.357 e. The molecule has 2 aromatic rings. The molecule has 1 aliphatic heterocycles. The van der Waals surface area contributed by atoms with Crippen molar-refractivity contribution >= 4 is 47.2 Å². The zero-order valence-corrected chi connectivity index (χ0v) is 21.3. The van der Waals surface area contributed by atoms with E-state index in [0.29, 0.717) is 0 Å². The maximum atomic E-state index is 4.81. The van der Waals surface area contributed by atoms with Crippen LogP contribution in [0.15, 0.2) is 28.8 Å². The molecule has 0 radical (unpaired) electrons. The molecule has 3 rings (SSSR count). The zero-order valence-electron chi connectivity index (χ0n) is 18.1. The predicted molar refractivity (Wildman–Crippen MR) is 135 cm³/mol. The van der Waals surface area contributed by atoms with Gasteiger partial charge in [0, 0.05) is 70.6 Å². The van der Waals surface area contributed by atoms with Crippen molar-refractivity contribution in [1.29, 1.82) is 0 Å². The van der Waals surface area contributed by atoms with Crippen LogP contribution in [-0.4, -0.2) is 83.6 Å². The Morgan fingerprint density at radius 2 is 1.97 bits per heavy atom. The number of rotatable bonds is 8. The highest BCUT2D eigenvalue weighted by Gasteiger charge is 2.18. The van der Waals surface area contributed by atoms with Gasteiger partial charge in [0.15, 0.2) is 5.96 Å². The molecule has 2 aromatic heterocycles. The van der Waals surface area contributed by atoms with E-state index in [9.17, 15) is 0 Å². The van der Waals surface area contributed by atoms with Gasteiger partial charge in [0.2, 0.25) is 5.95 Å². The number of guanidine groups is 1. The smallest absolute Gasteiger partial charge is 0.225 e. The first-order valence-corrected chi connectivity index (χ1v) is 11.2. The van der Waals surface area contributed by atoms with Crippen molar-refractivity contribution in [2.75, 3.05) is 57.8 Å². The third-order valence-corrected chi connectivity index (χ3v) is 5.69. The van der Waals surface area contributed by atoms with Gasteiger partial charge in [0.05, 0.1) is 17.2 Å². The van der Waals surface area contributed by atoms with Crippen molar-refractivity contribution in [2.45, 2.75) is 26.8 Å². The van der Waals surface area contributed by atoms with E-state index in [2.05, 4.69) is 54.3 Å². The Kier molecular flexibility index (Phi) is 10.7. The number of hydrogen-bond acceptors (Lipinski definition) is 7. The molecule has 0 amide bonds. The van der Waals surface area contributed by atoms with Crippen molar-refractivity contribution in [2.24, 2.45) is 4.99 Å². The summed E-state index contributed by atoms with van der Waals surface area (Å²) in [6.45, 7) is 11.7. The lowest BCUT2D eigenvalue weighted by molar-refractivity contribution is 0.255. The van der Waals surface area contributed by atoms with E-state index < -0.39 is 0 Å². The summed E-state index contributed by atoms with van der Waals surface area (Å²) in [5.41, 5.74) is 1.10. The Balaban J connectivity index is 0.00000320. The van der Waals surface area contributed by atoms with Gasteiger partial charge >= 0.3 is 0 Å². The third kappa shape index (κ3) is 7.62. The topological polar surface area (TPSA) is 72.8 Å². The number of anilines is 1. The normalized spacial score (nSPS) is 15.0. The average molecular weight is 545 g/mol. The number of nitrogens with one attached hydrogen (secondary N) is 1. The van der Waals surface area contributed by atoms with Gasteiger partial charge in [-0.25, -0.2) is 15.0 Å². The Bertz CT molecular complexity index is 761. The van der Waals surface area contributed by atoms with Gasteiger partial charge in [0.1, 0.15) is 0 Å². The van der Waals surface area contributed by atoms with E-state index in [0.717, 1.165) is 81.4 Å². The molecule has 0 atom stereocenters. The lowest BCUT2D eigenvalue weighted by Gasteiger charge is -2.34. The van der Waals surface area contributed by atoms with Crippen LogP contribution in [0, 0.1) is 6.92 Å². The molecular formula is C20H33IN8S. The van der Waals surface area contributed by atoms with Crippen LogP contribution in [-0.2, 0) is 6.54 Å². The van der Waals surface area contributed by atoms with Gasteiger partial charge in [0.25, 0.3) is 0 Å². The summed E-state index contributed by atoms with van der Waals surface area (Å²) in [6, 6.07) is 1.86. The molecule has 1 saturated heterocycles. The van der Waals surface area contributed by atoms with E-state index >= 15 is 0 Å². The van der Waals surface area contributed by atoms with Crippen LogP contribution in [0.2, 0.25) is 0 Å². The Labute approximate surface area is 200 Å².